The maximum Gasteiger partial charge on any atom is 0.347 e. The lowest BCUT2D eigenvalue weighted by atomic mass is 10.2. The number of ether oxygens (including phenoxy) is 2. The van der Waals surface area contributed by atoms with Crippen LogP contribution in [0.25, 0.3) is 0 Å². The fourth-order valence-corrected chi connectivity index (χ4v) is 2.35. The Morgan fingerprint density at radius 1 is 0.714 bits per heavy atom. The van der Waals surface area contributed by atoms with Crippen molar-refractivity contribution in [1.29, 1.82) is 0 Å². The number of carbonyl (C=O) groups excluding carboxylic acids is 2. The molecule has 7 nitrogen and oxygen atoms in total. The number of carbonyl (C=O) groups is 2. The molecule has 4 N–H and O–H groups in total. The van der Waals surface area contributed by atoms with E-state index in [1.807, 2.05) is 6.07 Å². The van der Waals surface area contributed by atoms with E-state index in [0.29, 0.717) is 11.4 Å². The van der Waals surface area contributed by atoms with Crippen LogP contribution in [0.3, 0.4) is 0 Å². The van der Waals surface area contributed by atoms with Gasteiger partial charge in [-0.1, -0.05) is 30.3 Å². The summed E-state index contributed by atoms with van der Waals surface area (Å²) >= 11 is 0. The highest BCUT2D eigenvalue weighted by Gasteiger charge is 2.18. The van der Waals surface area contributed by atoms with E-state index in [4.69, 9.17) is 20.9 Å². The molecule has 0 saturated heterocycles. The van der Waals surface area contributed by atoms with Crippen molar-refractivity contribution in [1.82, 2.24) is 0 Å². The van der Waals surface area contributed by atoms with Crippen LogP contribution in [0.2, 0.25) is 0 Å². The molecule has 0 aliphatic rings. The van der Waals surface area contributed by atoms with Gasteiger partial charge in [0, 0.05) is 0 Å². The van der Waals surface area contributed by atoms with E-state index in [1.54, 1.807) is 48.5 Å². The second kappa shape index (κ2) is 8.50. The third-order valence-corrected chi connectivity index (χ3v) is 3.62. The van der Waals surface area contributed by atoms with Gasteiger partial charge in [-0.2, -0.15) is 0 Å². The standard InChI is InChI=1S/C21H17N3O4/c22-21(23)24-15-12-10-14(11-13-15)19(25)28-18-9-5-4-8-17(18)20(26)27-16-6-2-1-3-7-16/h1-13H,(H4,22,23,24). The fourth-order valence-electron chi connectivity index (χ4n) is 2.35. The van der Waals surface area contributed by atoms with Crippen molar-refractivity contribution in [3.63, 3.8) is 0 Å². The van der Waals surface area contributed by atoms with E-state index < -0.39 is 11.9 Å². The number of aliphatic imine (C=N–C) groups is 1. The molecule has 0 spiro atoms. The summed E-state index contributed by atoms with van der Waals surface area (Å²) in [6, 6.07) is 21.2. The highest BCUT2D eigenvalue weighted by atomic mass is 16.5. The monoisotopic (exact) mass is 375 g/mol. The molecule has 0 heterocycles. The molecule has 0 radical (unpaired) electrons. The Bertz CT molecular complexity index is 1010. The van der Waals surface area contributed by atoms with Gasteiger partial charge in [0.2, 0.25) is 0 Å². The Morgan fingerprint density at radius 2 is 1.36 bits per heavy atom. The maximum atomic E-state index is 12.4. The van der Waals surface area contributed by atoms with Crippen molar-refractivity contribution < 1.29 is 19.1 Å². The molecule has 0 aliphatic heterocycles. The summed E-state index contributed by atoms with van der Waals surface area (Å²) in [5, 5.41) is 0. The SMILES string of the molecule is NC(N)=Nc1ccc(C(=O)Oc2ccccc2C(=O)Oc2ccccc2)cc1. The zero-order valence-corrected chi connectivity index (χ0v) is 14.7. The number of nitrogens with zero attached hydrogens (tertiary/aromatic N) is 1. The molecule has 0 unspecified atom stereocenters. The number of para-hydroxylation sites is 2. The number of hydrogen-bond donors (Lipinski definition) is 2. The van der Waals surface area contributed by atoms with Gasteiger partial charge in [0.05, 0.1) is 11.3 Å². The number of esters is 2. The number of nitrogens with two attached hydrogens (primary N) is 2. The second-order valence-electron chi connectivity index (χ2n) is 5.67. The lowest BCUT2D eigenvalue weighted by Gasteiger charge is -2.10. The smallest absolute Gasteiger partial charge is 0.347 e. The Hall–Kier alpha value is -4.13. The van der Waals surface area contributed by atoms with E-state index in [9.17, 15) is 9.59 Å². The van der Waals surface area contributed by atoms with Crippen LogP contribution in [-0.4, -0.2) is 17.9 Å². The van der Waals surface area contributed by atoms with Gasteiger partial charge in [-0.15, -0.1) is 0 Å². The van der Waals surface area contributed by atoms with Crippen molar-refractivity contribution in [2.24, 2.45) is 16.5 Å². The van der Waals surface area contributed by atoms with E-state index in [1.165, 1.54) is 24.3 Å². The summed E-state index contributed by atoms with van der Waals surface area (Å²) in [6.45, 7) is 0. The number of hydrogen-bond acceptors (Lipinski definition) is 5. The molecule has 28 heavy (non-hydrogen) atoms. The van der Waals surface area contributed by atoms with E-state index in [-0.39, 0.29) is 22.8 Å². The summed E-state index contributed by atoms with van der Waals surface area (Å²) in [5.41, 5.74) is 11.6. The molecule has 0 aliphatic carbocycles. The van der Waals surface area contributed by atoms with Crippen molar-refractivity contribution in [2.45, 2.75) is 0 Å². The van der Waals surface area contributed by atoms with Gasteiger partial charge in [0.1, 0.15) is 17.1 Å². The highest BCUT2D eigenvalue weighted by molar-refractivity contribution is 5.97. The third kappa shape index (κ3) is 4.73. The van der Waals surface area contributed by atoms with Crippen LogP contribution in [0.15, 0.2) is 83.9 Å². The van der Waals surface area contributed by atoms with Crippen molar-refractivity contribution in [3.8, 4) is 11.5 Å². The molecule has 7 heteroatoms. The first-order chi connectivity index (χ1) is 13.5. The molecule has 0 fully saturated rings. The molecule has 3 aromatic carbocycles. The summed E-state index contributed by atoms with van der Waals surface area (Å²) < 4.78 is 10.7. The van der Waals surface area contributed by atoms with Crippen molar-refractivity contribution in [2.75, 3.05) is 0 Å². The molecule has 0 saturated carbocycles. The first-order valence-electron chi connectivity index (χ1n) is 8.31. The molecule has 3 aromatic rings. The topological polar surface area (TPSA) is 117 Å². The van der Waals surface area contributed by atoms with E-state index in [2.05, 4.69) is 4.99 Å². The first kappa shape index (κ1) is 18.7. The zero-order valence-electron chi connectivity index (χ0n) is 14.7. The minimum atomic E-state index is -0.629. The highest BCUT2D eigenvalue weighted by Crippen LogP contribution is 2.22. The van der Waals surface area contributed by atoms with Crippen LogP contribution < -0.4 is 20.9 Å². The second-order valence-corrected chi connectivity index (χ2v) is 5.67. The molecule has 0 amide bonds. The van der Waals surface area contributed by atoms with Gasteiger partial charge in [-0.3, -0.25) is 0 Å². The molecule has 3 rings (SSSR count). The predicted molar refractivity (Wildman–Crippen MR) is 105 cm³/mol. The summed E-state index contributed by atoms with van der Waals surface area (Å²) in [4.78, 5) is 28.7. The molecular weight excluding hydrogens is 358 g/mol. The lowest BCUT2D eigenvalue weighted by Crippen LogP contribution is -2.21. The average molecular weight is 375 g/mol. The van der Waals surface area contributed by atoms with Crippen LogP contribution in [0.4, 0.5) is 5.69 Å². The van der Waals surface area contributed by atoms with E-state index >= 15 is 0 Å². The van der Waals surface area contributed by atoms with Gasteiger partial charge in [-0.25, -0.2) is 14.6 Å². The van der Waals surface area contributed by atoms with E-state index in [0.717, 1.165) is 0 Å². The fraction of sp³-hybridized carbons (Fsp3) is 0. The molecular formula is C21H17N3O4. The third-order valence-electron chi connectivity index (χ3n) is 3.62. The minimum Gasteiger partial charge on any atom is -0.423 e. The van der Waals surface area contributed by atoms with Gasteiger partial charge < -0.3 is 20.9 Å². The van der Waals surface area contributed by atoms with Gasteiger partial charge >= 0.3 is 11.9 Å². The van der Waals surface area contributed by atoms with Crippen molar-refractivity contribution in [3.05, 3.63) is 90.0 Å². The van der Waals surface area contributed by atoms with Gasteiger partial charge in [-0.05, 0) is 48.5 Å². The van der Waals surface area contributed by atoms with Gasteiger partial charge in [0.25, 0.3) is 0 Å². The van der Waals surface area contributed by atoms with Crippen LogP contribution in [0, 0.1) is 0 Å². The molecule has 0 bridgehead atoms. The van der Waals surface area contributed by atoms with Crippen LogP contribution in [0.1, 0.15) is 20.7 Å². The minimum absolute atomic E-state index is 0.0822. The average Bonchev–Trinajstić information content (AvgIpc) is 2.69. The molecule has 0 aromatic heterocycles. The number of rotatable bonds is 5. The Morgan fingerprint density at radius 3 is 2.04 bits per heavy atom. The molecule has 140 valence electrons. The lowest BCUT2D eigenvalue weighted by molar-refractivity contribution is 0.0707. The normalized spacial score (nSPS) is 10.0. The van der Waals surface area contributed by atoms with Crippen molar-refractivity contribution >= 4 is 23.6 Å². The quantitative estimate of drug-likeness (QED) is 0.306. The van der Waals surface area contributed by atoms with Gasteiger partial charge in [0.15, 0.2) is 5.96 Å². The largest absolute Gasteiger partial charge is 0.423 e. The number of benzene rings is 3. The molecule has 0 atom stereocenters. The predicted octanol–water partition coefficient (Wildman–Crippen LogP) is 3.03. The van der Waals surface area contributed by atoms with Crippen LogP contribution >= 0.6 is 0 Å². The first-order valence-corrected chi connectivity index (χ1v) is 8.31. The zero-order chi connectivity index (χ0) is 19.9. The summed E-state index contributed by atoms with van der Waals surface area (Å²) in [6.07, 6.45) is 0. The van der Waals surface area contributed by atoms with Crippen LogP contribution in [0.5, 0.6) is 11.5 Å². The summed E-state index contributed by atoms with van der Waals surface area (Å²) in [5.74, 6) is -0.846. The summed E-state index contributed by atoms with van der Waals surface area (Å²) in [7, 11) is 0. The Kier molecular flexibility index (Phi) is 5.66. The Labute approximate surface area is 161 Å². The van der Waals surface area contributed by atoms with Crippen LogP contribution in [-0.2, 0) is 0 Å². The maximum absolute atomic E-state index is 12.4. The Balaban J connectivity index is 1.76. The number of guanidine groups is 1.